The molecule has 140 valence electrons. The van der Waals surface area contributed by atoms with E-state index in [0.717, 1.165) is 31.2 Å². The minimum atomic E-state index is -3.43. The molecular weight excluding hydrogens is 350 g/mol. The quantitative estimate of drug-likeness (QED) is 0.769. The normalized spacial score (nSPS) is 15.2. The van der Waals surface area contributed by atoms with E-state index >= 15 is 0 Å². The number of anilines is 1. The van der Waals surface area contributed by atoms with E-state index in [1.807, 2.05) is 35.0 Å². The number of carbonyl (C=O) groups excluding carboxylic acids is 1. The summed E-state index contributed by atoms with van der Waals surface area (Å²) in [6, 6.07) is 11.8. The summed E-state index contributed by atoms with van der Waals surface area (Å²) >= 11 is 0. The van der Waals surface area contributed by atoms with E-state index in [4.69, 9.17) is 0 Å². The van der Waals surface area contributed by atoms with Gasteiger partial charge in [-0.15, -0.1) is 0 Å². The van der Waals surface area contributed by atoms with Crippen LogP contribution in [-0.2, 0) is 21.1 Å². The second kappa shape index (κ2) is 8.49. The summed E-state index contributed by atoms with van der Waals surface area (Å²) in [5.74, 6) is -0.389. The molecule has 1 aliphatic rings. The average Bonchev–Trinajstić information content (AvgIpc) is 3.26. The highest BCUT2D eigenvalue weighted by Gasteiger charge is 2.22. The zero-order chi connectivity index (χ0) is 18.4. The van der Waals surface area contributed by atoms with Gasteiger partial charge in [0.15, 0.2) is 9.84 Å². The van der Waals surface area contributed by atoms with Gasteiger partial charge in [0.25, 0.3) is 0 Å². The van der Waals surface area contributed by atoms with Gasteiger partial charge in [-0.05, 0) is 31.2 Å². The van der Waals surface area contributed by atoms with E-state index in [0.29, 0.717) is 24.7 Å². The molecule has 1 amide bonds. The first kappa shape index (κ1) is 18.6. The van der Waals surface area contributed by atoms with Crippen LogP contribution >= 0.6 is 0 Å². The standard InChI is InChI=1S/C19H25N3O3S/c23-19(21-18-12-13-20-22(18)17-10-4-5-11-17)15-26(24,25)14-6-9-16-7-2-1-3-8-16/h1-3,7-8,12-13,17H,4-6,9-11,14-15H2,(H,21,23). The number of amides is 1. The first-order valence-corrected chi connectivity index (χ1v) is 10.9. The van der Waals surface area contributed by atoms with Crippen molar-refractivity contribution in [3.8, 4) is 0 Å². The van der Waals surface area contributed by atoms with Gasteiger partial charge < -0.3 is 5.32 Å². The first-order valence-electron chi connectivity index (χ1n) is 9.11. The number of aryl methyl sites for hydroxylation is 1. The highest BCUT2D eigenvalue weighted by molar-refractivity contribution is 7.92. The summed E-state index contributed by atoms with van der Waals surface area (Å²) in [4.78, 5) is 12.2. The fourth-order valence-corrected chi connectivity index (χ4v) is 4.64. The maximum atomic E-state index is 12.2. The Hall–Kier alpha value is -2.15. The van der Waals surface area contributed by atoms with Crippen LogP contribution in [0, 0.1) is 0 Å². The molecule has 1 aromatic carbocycles. The molecule has 1 N–H and O–H groups in total. The minimum Gasteiger partial charge on any atom is -0.310 e. The Morgan fingerprint density at radius 2 is 1.88 bits per heavy atom. The monoisotopic (exact) mass is 375 g/mol. The van der Waals surface area contributed by atoms with Crippen molar-refractivity contribution in [1.82, 2.24) is 9.78 Å². The molecule has 1 fully saturated rings. The molecule has 6 nitrogen and oxygen atoms in total. The van der Waals surface area contributed by atoms with Crippen LogP contribution in [0.15, 0.2) is 42.6 Å². The molecule has 0 atom stereocenters. The summed E-state index contributed by atoms with van der Waals surface area (Å²) in [5, 5.41) is 7.00. The van der Waals surface area contributed by atoms with Gasteiger partial charge in [-0.3, -0.25) is 4.79 Å². The molecule has 0 saturated heterocycles. The number of nitrogens with zero attached hydrogens (tertiary/aromatic N) is 2. The van der Waals surface area contributed by atoms with Crippen LogP contribution in [0.5, 0.6) is 0 Å². The van der Waals surface area contributed by atoms with Crippen molar-refractivity contribution >= 4 is 21.6 Å². The van der Waals surface area contributed by atoms with E-state index in [-0.39, 0.29) is 5.75 Å². The largest absolute Gasteiger partial charge is 0.310 e. The van der Waals surface area contributed by atoms with E-state index in [1.54, 1.807) is 12.3 Å². The summed E-state index contributed by atoms with van der Waals surface area (Å²) in [5.41, 5.74) is 1.10. The van der Waals surface area contributed by atoms with Crippen LogP contribution < -0.4 is 5.32 Å². The molecule has 0 spiro atoms. The van der Waals surface area contributed by atoms with Gasteiger partial charge in [0, 0.05) is 6.07 Å². The highest BCUT2D eigenvalue weighted by Crippen LogP contribution is 2.31. The molecule has 1 aromatic heterocycles. The molecule has 1 saturated carbocycles. The molecule has 0 radical (unpaired) electrons. The van der Waals surface area contributed by atoms with Crippen molar-refractivity contribution in [2.24, 2.45) is 0 Å². The number of aromatic nitrogens is 2. The van der Waals surface area contributed by atoms with Crippen LogP contribution in [0.4, 0.5) is 5.82 Å². The van der Waals surface area contributed by atoms with Gasteiger partial charge in [0.2, 0.25) is 5.91 Å². The van der Waals surface area contributed by atoms with Crippen LogP contribution in [-0.4, -0.2) is 35.6 Å². The van der Waals surface area contributed by atoms with Crippen molar-refractivity contribution in [3.63, 3.8) is 0 Å². The molecule has 0 bridgehead atoms. The molecule has 1 aliphatic carbocycles. The van der Waals surface area contributed by atoms with Gasteiger partial charge in [-0.25, -0.2) is 13.1 Å². The predicted molar refractivity (Wildman–Crippen MR) is 102 cm³/mol. The van der Waals surface area contributed by atoms with E-state index < -0.39 is 21.5 Å². The van der Waals surface area contributed by atoms with Crippen LogP contribution in [0.25, 0.3) is 0 Å². The van der Waals surface area contributed by atoms with E-state index in [1.165, 1.54) is 0 Å². The van der Waals surface area contributed by atoms with Crippen LogP contribution in [0.3, 0.4) is 0 Å². The number of hydrogen-bond donors (Lipinski definition) is 1. The maximum absolute atomic E-state index is 12.2. The molecule has 0 aliphatic heterocycles. The van der Waals surface area contributed by atoms with Crippen molar-refractivity contribution in [2.75, 3.05) is 16.8 Å². The molecular formula is C19H25N3O3S. The highest BCUT2D eigenvalue weighted by atomic mass is 32.2. The SMILES string of the molecule is O=C(CS(=O)(=O)CCCc1ccccc1)Nc1ccnn1C1CCCC1. The smallest absolute Gasteiger partial charge is 0.240 e. The Bertz CT molecular complexity index is 825. The van der Waals surface area contributed by atoms with Gasteiger partial charge in [0.1, 0.15) is 11.6 Å². The maximum Gasteiger partial charge on any atom is 0.240 e. The first-order chi connectivity index (χ1) is 12.5. The molecule has 3 rings (SSSR count). The molecule has 0 unspecified atom stereocenters. The van der Waals surface area contributed by atoms with E-state index in [9.17, 15) is 13.2 Å². The van der Waals surface area contributed by atoms with Gasteiger partial charge >= 0.3 is 0 Å². The van der Waals surface area contributed by atoms with Crippen molar-refractivity contribution < 1.29 is 13.2 Å². The average molecular weight is 375 g/mol. The molecule has 7 heteroatoms. The number of nitrogens with one attached hydrogen (secondary N) is 1. The lowest BCUT2D eigenvalue weighted by atomic mass is 10.1. The van der Waals surface area contributed by atoms with Gasteiger partial charge in [0.05, 0.1) is 18.0 Å². The lowest BCUT2D eigenvalue weighted by Crippen LogP contribution is -2.26. The molecule has 26 heavy (non-hydrogen) atoms. The number of hydrogen-bond acceptors (Lipinski definition) is 4. The number of rotatable bonds is 8. The minimum absolute atomic E-state index is 0.0111. The number of carbonyl (C=O) groups is 1. The molecule has 2 aromatic rings. The Balaban J connectivity index is 1.50. The zero-order valence-corrected chi connectivity index (χ0v) is 15.6. The fourth-order valence-electron chi connectivity index (χ4n) is 3.44. The second-order valence-electron chi connectivity index (χ2n) is 6.83. The summed E-state index contributed by atoms with van der Waals surface area (Å²) in [7, 11) is -3.43. The van der Waals surface area contributed by atoms with E-state index in [2.05, 4.69) is 10.4 Å². The third-order valence-corrected chi connectivity index (χ3v) is 6.34. The second-order valence-corrected chi connectivity index (χ2v) is 9.01. The van der Waals surface area contributed by atoms with Crippen molar-refractivity contribution in [3.05, 3.63) is 48.2 Å². The Kier molecular flexibility index (Phi) is 6.08. The van der Waals surface area contributed by atoms with Gasteiger partial charge in [-0.1, -0.05) is 43.2 Å². The molecule has 1 heterocycles. The Morgan fingerprint density at radius 3 is 2.62 bits per heavy atom. The Morgan fingerprint density at radius 1 is 1.15 bits per heavy atom. The van der Waals surface area contributed by atoms with Crippen molar-refractivity contribution in [2.45, 2.75) is 44.6 Å². The zero-order valence-electron chi connectivity index (χ0n) is 14.8. The summed E-state index contributed by atoms with van der Waals surface area (Å²) in [6.07, 6.45) is 7.25. The predicted octanol–water partition coefficient (Wildman–Crippen LogP) is 2.98. The lowest BCUT2D eigenvalue weighted by Gasteiger charge is -2.14. The number of benzene rings is 1. The fraction of sp³-hybridized carbons (Fsp3) is 0.474. The topological polar surface area (TPSA) is 81.1 Å². The summed E-state index contributed by atoms with van der Waals surface area (Å²) < 4.78 is 26.2. The Labute approximate surface area is 154 Å². The van der Waals surface area contributed by atoms with Gasteiger partial charge in [-0.2, -0.15) is 5.10 Å². The van der Waals surface area contributed by atoms with Crippen molar-refractivity contribution in [1.29, 1.82) is 0 Å². The summed E-state index contributed by atoms with van der Waals surface area (Å²) in [6.45, 7) is 0. The van der Waals surface area contributed by atoms with Crippen LogP contribution in [0.2, 0.25) is 0 Å². The third kappa shape index (κ3) is 5.17. The van der Waals surface area contributed by atoms with Crippen LogP contribution in [0.1, 0.15) is 43.7 Å². The number of sulfone groups is 1. The third-order valence-electron chi connectivity index (χ3n) is 4.72. The lowest BCUT2D eigenvalue weighted by molar-refractivity contribution is -0.113.